The Hall–Kier alpha value is -3.32. The van der Waals surface area contributed by atoms with E-state index in [9.17, 15) is 22.8 Å². The van der Waals surface area contributed by atoms with Gasteiger partial charge in [-0.2, -0.15) is 0 Å². The Bertz CT molecular complexity index is 1340. The van der Waals surface area contributed by atoms with Crippen molar-refractivity contribution in [2.45, 2.75) is 37.0 Å². The van der Waals surface area contributed by atoms with Crippen LogP contribution in [0.3, 0.4) is 0 Å². The SMILES string of the molecule is CC(=O)c1oc2c(c1S(=O)(=O)c1ccccc1)C(=O)c1cc(CC(C)C)ccc1C2=O. The van der Waals surface area contributed by atoms with E-state index in [1.807, 2.05) is 13.8 Å². The summed E-state index contributed by atoms with van der Waals surface area (Å²) in [6, 6.07) is 12.4. The fourth-order valence-electron chi connectivity index (χ4n) is 3.82. The fourth-order valence-corrected chi connectivity index (χ4v) is 5.46. The van der Waals surface area contributed by atoms with Gasteiger partial charge in [-0.3, -0.25) is 14.4 Å². The molecular weight excluding hydrogens is 416 g/mol. The van der Waals surface area contributed by atoms with Crippen LogP contribution in [0, 0.1) is 5.92 Å². The molecule has 7 heteroatoms. The van der Waals surface area contributed by atoms with Crippen molar-refractivity contribution in [3.63, 3.8) is 0 Å². The first-order valence-electron chi connectivity index (χ1n) is 9.83. The number of sulfone groups is 1. The van der Waals surface area contributed by atoms with Crippen LogP contribution < -0.4 is 0 Å². The standard InChI is InChI=1S/C24H20O6S/c1-13(2)11-15-9-10-17-18(12-15)20(26)19-23(21(17)27)30-22(14(3)25)24(19)31(28,29)16-7-5-4-6-8-16/h4-10,12-13H,11H2,1-3H3. The highest BCUT2D eigenvalue weighted by Gasteiger charge is 2.42. The summed E-state index contributed by atoms with van der Waals surface area (Å²) in [5, 5.41) is 0. The third-order valence-electron chi connectivity index (χ3n) is 5.16. The number of furan rings is 1. The molecule has 0 unspecified atom stereocenters. The van der Waals surface area contributed by atoms with Crippen molar-refractivity contribution in [2.75, 3.05) is 0 Å². The summed E-state index contributed by atoms with van der Waals surface area (Å²) in [6.45, 7) is 5.20. The summed E-state index contributed by atoms with van der Waals surface area (Å²) >= 11 is 0. The van der Waals surface area contributed by atoms with Crippen molar-refractivity contribution in [2.24, 2.45) is 5.92 Å². The molecule has 0 N–H and O–H groups in total. The highest BCUT2D eigenvalue weighted by atomic mass is 32.2. The van der Waals surface area contributed by atoms with Crippen LogP contribution in [0.4, 0.5) is 0 Å². The molecule has 0 spiro atoms. The van der Waals surface area contributed by atoms with E-state index in [4.69, 9.17) is 4.42 Å². The number of fused-ring (bicyclic) bond motifs is 2. The van der Waals surface area contributed by atoms with Gasteiger partial charge in [0.05, 0.1) is 10.5 Å². The molecule has 158 valence electrons. The predicted octanol–water partition coefficient (Wildman–Crippen LogP) is 4.29. The minimum absolute atomic E-state index is 0.0966. The number of carbonyl (C=O) groups excluding carboxylic acids is 3. The lowest BCUT2D eigenvalue weighted by Crippen LogP contribution is -2.22. The predicted molar refractivity (Wildman–Crippen MR) is 112 cm³/mol. The Labute approximate surface area is 179 Å². The van der Waals surface area contributed by atoms with Crippen LogP contribution >= 0.6 is 0 Å². The van der Waals surface area contributed by atoms with Crippen molar-refractivity contribution in [1.29, 1.82) is 0 Å². The van der Waals surface area contributed by atoms with Gasteiger partial charge in [-0.25, -0.2) is 8.42 Å². The van der Waals surface area contributed by atoms with Gasteiger partial charge < -0.3 is 4.42 Å². The molecule has 0 fully saturated rings. The van der Waals surface area contributed by atoms with E-state index < -0.39 is 43.6 Å². The molecular formula is C24H20O6S. The van der Waals surface area contributed by atoms with Crippen molar-refractivity contribution >= 4 is 27.2 Å². The van der Waals surface area contributed by atoms with Crippen LogP contribution in [0.15, 0.2) is 62.7 Å². The quantitative estimate of drug-likeness (QED) is 0.433. The first kappa shape index (κ1) is 20.9. The summed E-state index contributed by atoms with van der Waals surface area (Å²) < 4.78 is 32.2. The molecule has 0 saturated carbocycles. The largest absolute Gasteiger partial charge is 0.447 e. The van der Waals surface area contributed by atoms with E-state index in [0.717, 1.165) is 12.5 Å². The summed E-state index contributed by atoms with van der Waals surface area (Å²) in [4.78, 5) is 38.1. The Morgan fingerprint density at radius 3 is 2.26 bits per heavy atom. The zero-order chi connectivity index (χ0) is 22.5. The summed E-state index contributed by atoms with van der Waals surface area (Å²) in [6.07, 6.45) is 0.695. The van der Waals surface area contributed by atoms with Gasteiger partial charge in [0.15, 0.2) is 23.1 Å². The maximum absolute atomic E-state index is 13.4. The van der Waals surface area contributed by atoms with Gasteiger partial charge in [-0.05, 0) is 42.2 Å². The monoisotopic (exact) mass is 436 g/mol. The topological polar surface area (TPSA) is 98.5 Å². The molecule has 0 saturated heterocycles. The lowest BCUT2D eigenvalue weighted by Gasteiger charge is -2.16. The number of ketones is 3. The normalized spacial score (nSPS) is 13.3. The van der Waals surface area contributed by atoms with Crippen LogP contribution in [-0.2, 0) is 16.3 Å². The molecule has 2 aromatic carbocycles. The van der Waals surface area contributed by atoms with Crippen LogP contribution in [0.1, 0.15) is 68.9 Å². The Morgan fingerprint density at radius 1 is 0.968 bits per heavy atom. The summed E-state index contributed by atoms with van der Waals surface area (Å²) in [5.41, 5.74) is 0.753. The lowest BCUT2D eigenvalue weighted by molar-refractivity contribution is 0.0947. The number of carbonyl (C=O) groups is 3. The second-order valence-electron chi connectivity index (χ2n) is 7.97. The van der Waals surface area contributed by atoms with E-state index in [1.54, 1.807) is 24.3 Å². The van der Waals surface area contributed by atoms with Gasteiger partial charge in [-0.15, -0.1) is 0 Å². The number of hydrogen-bond donors (Lipinski definition) is 0. The van der Waals surface area contributed by atoms with Crippen molar-refractivity contribution in [1.82, 2.24) is 0 Å². The van der Waals surface area contributed by atoms with Gasteiger partial charge in [0.25, 0.3) is 0 Å². The third kappa shape index (κ3) is 3.35. The van der Waals surface area contributed by atoms with Crippen LogP contribution in [0.5, 0.6) is 0 Å². The zero-order valence-electron chi connectivity index (χ0n) is 17.3. The molecule has 0 amide bonds. The molecule has 0 bridgehead atoms. The summed E-state index contributed by atoms with van der Waals surface area (Å²) in [7, 11) is -4.29. The third-order valence-corrected chi connectivity index (χ3v) is 6.98. The van der Waals surface area contributed by atoms with Gasteiger partial charge in [-0.1, -0.05) is 38.1 Å². The van der Waals surface area contributed by atoms with Crippen LogP contribution in [-0.4, -0.2) is 25.8 Å². The Balaban J connectivity index is 1.99. The highest BCUT2D eigenvalue weighted by Crippen LogP contribution is 2.38. The lowest BCUT2D eigenvalue weighted by atomic mass is 9.86. The molecule has 4 rings (SSSR count). The van der Waals surface area contributed by atoms with Crippen molar-refractivity contribution in [3.05, 3.63) is 82.3 Å². The minimum atomic E-state index is -4.29. The molecule has 0 radical (unpaired) electrons. The molecule has 1 heterocycles. The van der Waals surface area contributed by atoms with Gasteiger partial charge in [0.2, 0.25) is 15.6 Å². The van der Waals surface area contributed by atoms with E-state index in [-0.39, 0.29) is 21.6 Å². The van der Waals surface area contributed by atoms with Gasteiger partial charge >= 0.3 is 0 Å². The van der Waals surface area contributed by atoms with E-state index in [0.29, 0.717) is 12.3 Å². The maximum atomic E-state index is 13.4. The van der Waals surface area contributed by atoms with Gasteiger partial charge in [0, 0.05) is 18.1 Å². The average Bonchev–Trinajstić information content (AvgIpc) is 3.14. The van der Waals surface area contributed by atoms with E-state index in [1.165, 1.54) is 24.3 Å². The number of benzene rings is 2. The van der Waals surface area contributed by atoms with E-state index >= 15 is 0 Å². The number of Topliss-reactive ketones (excluding diaryl/α,β-unsaturated/α-hetero) is 1. The number of rotatable bonds is 5. The minimum Gasteiger partial charge on any atom is -0.447 e. The molecule has 1 aliphatic rings. The smallest absolute Gasteiger partial charge is 0.229 e. The van der Waals surface area contributed by atoms with Crippen LogP contribution in [0.25, 0.3) is 0 Å². The Morgan fingerprint density at radius 2 is 1.65 bits per heavy atom. The summed E-state index contributed by atoms with van der Waals surface area (Å²) in [5.74, 6) is -2.53. The zero-order valence-corrected chi connectivity index (χ0v) is 18.1. The Kier molecular flexibility index (Phi) is 5.01. The molecule has 0 atom stereocenters. The molecule has 6 nitrogen and oxygen atoms in total. The fraction of sp³-hybridized carbons (Fsp3) is 0.208. The maximum Gasteiger partial charge on any atom is 0.229 e. The number of hydrogen-bond acceptors (Lipinski definition) is 6. The van der Waals surface area contributed by atoms with Gasteiger partial charge in [0.1, 0.15) is 4.90 Å². The van der Waals surface area contributed by atoms with Crippen molar-refractivity contribution < 1.29 is 27.2 Å². The molecule has 31 heavy (non-hydrogen) atoms. The first-order valence-corrected chi connectivity index (χ1v) is 11.3. The van der Waals surface area contributed by atoms with Crippen LogP contribution in [0.2, 0.25) is 0 Å². The molecule has 0 aliphatic heterocycles. The molecule has 3 aromatic rings. The highest BCUT2D eigenvalue weighted by molar-refractivity contribution is 7.91. The second-order valence-corrected chi connectivity index (χ2v) is 9.86. The molecule has 1 aliphatic carbocycles. The van der Waals surface area contributed by atoms with Crippen molar-refractivity contribution in [3.8, 4) is 0 Å². The second kappa shape index (κ2) is 7.42. The van der Waals surface area contributed by atoms with E-state index in [2.05, 4.69) is 0 Å². The average molecular weight is 436 g/mol. The molecule has 1 aromatic heterocycles. The first-order chi connectivity index (χ1) is 14.6.